The summed E-state index contributed by atoms with van der Waals surface area (Å²) < 4.78 is 5.64. The van der Waals surface area contributed by atoms with E-state index in [1.165, 1.54) is 38.8 Å². The first kappa shape index (κ1) is 13.9. The fraction of sp³-hybridized carbons (Fsp3) is 0.800. The zero-order valence-corrected chi connectivity index (χ0v) is 12.5. The van der Waals surface area contributed by atoms with Gasteiger partial charge in [0.15, 0.2) is 0 Å². The lowest BCUT2D eigenvalue weighted by molar-refractivity contribution is 0.174. The summed E-state index contributed by atoms with van der Waals surface area (Å²) in [6.07, 6.45) is 7.16. The van der Waals surface area contributed by atoms with Crippen LogP contribution >= 0.6 is 0 Å². The molecule has 1 aromatic rings. The predicted molar refractivity (Wildman–Crippen MR) is 79.9 cm³/mol. The van der Waals surface area contributed by atoms with E-state index in [2.05, 4.69) is 27.0 Å². The van der Waals surface area contributed by atoms with Crippen LogP contribution in [0, 0.1) is 0 Å². The Balaban J connectivity index is 1.54. The first-order valence-electron chi connectivity index (χ1n) is 8.01. The molecule has 0 aliphatic carbocycles. The summed E-state index contributed by atoms with van der Waals surface area (Å²) in [5, 5.41) is 3.28. The smallest absolute Gasteiger partial charge is 0.297 e. The molecule has 5 heteroatoms. The Hall–Kier alpha value is -1.07. The molecule has 0 saturated carbocycles. The zero-order chi connectivity index (χ0) is 13.8. The minimum atomic E-state index is 0.694. The van der Waals surface area contributed by atoms with E-state index in [9.17, 15) is 0 Å². The van der Waals surface area contributed by atoms with Crippen molar-refractivity contribution in [2.75, 3.05) is 37.6 Å². The maximum absolute atomic E-state index is 5.64. The highest BCUT2D eigenvalue weighted by Gasteiger charge is 2.30. The summed E-state index contributed by atoms with van der Waals surface area (Å²) in [6.45, 7) is 8.55. The van der Waals surface area contributed by atoms with Crippen molar-refractivity contribution in [2.45, 2.75) is 45.2 Å². The Kier molecular flexibility index (Phi) is 4.58. The number of likely N-dealkylation sites (tertiary alicyclic amines) is 1. The lowest BCUT2D eigenvalue weighted by atomic mass is 10.1. The van der Waals surface area contributed by atoms with Gasteiger partial charge in [-0.15, -0.1) is 0 Å². The number of anilines is 1. The van der Waals surface area contributed by atoms with Crippen molar-refractivity contribution in [3.63, 3.8) is 0 Å². The molecule has 112 valence electrons. The van der Waals surface area contributed by atoms with Crippen LogP contribution in [0.3, 0.4) is 0 Å². The van der Waals surface area contributed by atoms with Crippen LogP contribution in [0.5, 0.6) is 0 Å². The van der Waals surface area contributed by atoms with E-state index in [-0.39, 0.29) is 0 Å². The maximum atomic E-state index is 5.64. The van der Waals surface area contributed by atoms with Crippen molar-refractivity contribution in [1.29, 1.82) is 0 Å². The second kappa shape index (κ2) is 6.59. The summed E-state index contributed by atoms with van der Waals surface area (Å²) in [7, 11) is 0. The summed E-state index contributed by atoms with van der Waals surface area (Å²) in [5.41, 5.74) is 1.00. The normalized spacial score (nSPS) is 24.4. The van der Waals surface area contributed by atoms with E-state index in [0.29, 0.717) is 6.04 Å². The number of hydrogen-bond acceptors (Lipinski definition) is 5. The Bertz CT molecular complexity index is 414. The van der Waals surface area contributed by atoms with Crippen LogP contribution < -0.4 is 10.2 Å². The average Bonchev–Trinajstić information content (AvgIpc) is 3.15. The minimum Gasteiger partial charge on any atom is -0.432 e. The molecule has 1 N–H and O–H groups in total. The Morgan fingerprint density at radius 2 is 2.15 bits per heavy atom. The van der Waals surface area contributed by atoms with Crippen LogP contribution in [0.25, 0.3) is 0 Å². The lowest BCUT2D eigenvalue weighted by Crippen LogP contribution is -2.40. The van der Waals surface area contributed by atoms with Gasteiger partial charge in [0, 0.05) is 25.7 Å². The Morgan fingerprint density at radius 3 is 2.95 bits per heavy atom. The molecule has 2 saturated heterocycles. The highest BCUT2D eigenvalue weighted by molar-refractivity contribution is 5.29. The third-order valence-electron chi connectivity index (χ3n) is 4.44. The molecule has 0 spiro atoms. The van der Waals surface area contributed by atoms with Gasteiger partial charge in [0.05, 0.1) is 5.69 Å². The van der Waals surface area contributed by atoms with Crippen LogP contribution in [0.1, 0.15) is 38.3 Å². The van der Waals surface area contributed by atoms with Gasteiger partial charge in [-0.3, -0.25) is 4.90 Å². The van der Waals surface area contributed by atoms with Gasteiger partial charge in [-0.05, 0) is 38.9 Å². The molecule has 5 nitrogen and oxygen atoms in total. The molecule has 0 radical (unpaired) electrons. The third kappa shape index (κ3) is 3.15. The fourth-order valence-electron chi connectivity index (χ4n) is 3.27. The summed E-state index contributed by atoms with van der Waals surface area (Å²) in [4.78, 5) is 9.55. The van der Waals surface area contributed by atoms with E-state index < -0.39 is 0 Å². The van der Waals surface area contributed by atoms with Crippen molar-refractivity contribution < 1.29 is 4.42 Å². The molecule has 1 atom stereocenters. The number of oxazole rings is 1. The molecule has 0 amide bonds. The van der Waals surface area contributed by atoms with E-state index in [1.807, 2.05) is 0 Å². The number of nitrogens with zero attached hydrogens (tertiary/aromatic N) is 3. The molecule has 3 rings (SSSR count). The number of piperidine rings is 1. The largest absolute Gasteiger partial charge is 0.432 e. The van der Waals surface area contributed by atoms with Crippen LogP contribution in [-0.2, 0) is 6.54 Å². The number of nitrogens with one attached hydrogen (secondary N) is 1. The number of rotatable bonds is 5. The number of aromatic nitrogens is 1. The van der Waals surface area contributed by atoms with Crippen molar-refractivity contribution in [1.82, 2.24) is 15.2 Å². The van der Waals surface area contributed by atoms with E-state index in [1.54, 1.807) is 6.26 Å². The quantitative estimate of drug-likeness (QED) is 0.890. The monoisotopic (exact) mass is 278 g/mol. The van der Waals surface area contributed by atoms with E-state index in [4.69, 9.17) is 4.42 Å². The Morgan fingerprint density at radius 1 is 1.30 bits per heavy atom. The van der Waals surface area contributed by atoms with Gasteiger partial charge in [0.25, 0.3) is 6.01 Å². The first-order chi connectivity index (χ1) is 9.86. The van der Waals surface area contributed by atoms with Gasteiger partial charge in [0.1, 0.15) is 6.26 Å². The standard InChI is InChI=1S/C15H26N4O/c1-2-16-10-13-12-20-15(17-13)19-9-6-14(11-19)18-7-4-3-5-8-18/h12,14,16H,2-11H2,1H3. The second-order valence-corrected chi connectivity index (χ2v) is 5.89. The molecule has 1 aromatic heterocycles. The molecular formula is C15H26N4O. The van der Waals surface area contributed by atoms with E-state index in [0.717, 1.165) is 37.9 Å². The molecular weight excluding hydrogens is 252 g/mol. The van der Waals surface area contributed by atoms with Crippen molar-refractivity contribution in [3.8, 4) is 0 Å². The van der Waals surface area contributed by atoms with Crippen LogP contribution in [0.4, 0.5) is 6.01 Å². The molecule has 2 aliphatic rings. The molecule has 0 bridgehead atoms. The highest BCUT2D eigenvalue weighted by Crippen LogP contribution is 2.24. The maximum Gasteiger partial charge on any atom is 0.297 e. The van der Waals surface area contributed by atoms with Crippen molar-refractivity contribution >= 4 is 6.01 Å². The number of hydrogen-bond donors (Lipinski definition) is 1. The zero-order valence-electron chi connectivity index (χ0n) is 12.5. The Labute approximate surface area is 121 Å². The molecule has 2 aliphatic heterocycles. The van der Waals surface area contributed by atoms with Gasteiger partial charge in [-0.25, -0.2) is 0 Å². The molecule has 20 heavy (non-hydrogen) atoms. The van der Waals surface area contributed by atoms with Gasteiger partial charge in [-0.1, -0.05) is 13.3 Å². The molecule has 2 fully saturated rings. The van der Waals surface area contributed by atoms with Gasteiger partial charge < -0.3 is 14.6 Å². The molecule has 3 heterocycles. The molecule has 0 aromatic carbocycles. The van der Waals surface area contributed by atoms with Gasteiger partial charge >= 0.3 is 0 Å². The minimum absolute atomic E-state index is 0.694. The fourth-order valence-corrected chi connectivity index (χ4v) is 3.27. The first-order valence-corrected chi connectivity index (χ1v) is 8.01. The molecule has 1 unspecified atom stereocenters. The highest BCUT2D eigenvalue weighted by atomic mass is 16.4. The second-order valence-electron chi connectivity index (χ2n) is 5.89. The summed E-state index contributed by atoms with van der Waals surface area (Å²) in [6, 6.07) is 1.50. The third-order valence-corrected chi connectivity index (χ3v) is 4.44. The van der Waals surface area contributed by atoms with Crippen LogP contribution in [0.15, 0.2) is 10.7 Å². The van der Waals surface area contributed by atoms with Crippen molar-refractivity contribution in [2.24, 2.45) is 0 Å². The lowest BCUT2D eigenvalue weighted by Gasteiger charge is -2.31. The summed E-state index contributed by atoms with van der Waals surface area (Å²) >= 11 is 0. The van der Waals surface area contributed by atoms with Gasteiger partial charge in [0.2, 0.25) is 0 Å². The van der Waals surface area contributed by atoms with Crippen molar-refractivity contribution in [3.05, 3.63) is 12.0 Å². The van der Waals surface area contributed by atoms with Gasteiger partial charge in [-0.2, -0.15) is 4.98 Å². The average molecular weight is 278 g/mol. The van der Waals surface area contributed by atoms with Crippen LogP contribution in [0.2, 0.25) is 0 Å². The topological polar surface area (TPSA) is 44.5 Å². The van der Waals surface area contributed by atoms with Crippen LogP contribution in [-0.4, -0.2) is 48.6 Å². The SMILES string of the molecule is CCNCc1coc(N2CCC(N3CCCCC3)C2)n1. The predicted octanol–water partition coefficient (Wildman–Crippen LogP) is 1.85. The summed E-state index contributed by atoms with van der Waals surface area (Å²) in [5.74, 6) is 0. The van der Waals surface area contributed by atoms with E-state index >= 15 is 0 Å².